The summed E-state index contributed by atoms with van der Waals surface area (Å²) < 4.78 is 31.2. The topological polar surface area (TPSA) is 48.1 Å². The lowest BCUT2D eigenvalue weighted by molar-refractivity contribution is 0.423. The maximum atomic E-state index is 13.3. The summed E-state index contributed by atoms with van der Waals surface area (Å²) in [6.07, 6.45) is 1.56. The van der Waals surface area contributed by atoms with E-state index in [1.807, 2.05) is 6.92 Å². The highest BCUT2D eigenvalue weighted by atomic mass is 19.1. The summed E-state index contributed by atoms with van der Waals surface area (Å²) in [5.74, 6) is -1.27. The van der Waals surface area contributed by atoms with Crippen LogP contribution in [0.1, 0.15) is 18.5 Å². The van der Waals surface area contributed by atoms with Crippen LogP contribution in [-0.2, 0) is 0 Å². The molecule has 2 aromatic rings. The van der Waals surface area contributed by atoms with Gasteiger partial charge in [0, 0.05) is 24.4 Å². The average Bonchev–Trinajstić information content (AvgIpc) is 2.33. The second-order valence-electron chi connectivity index (χ2n) is 3.90. The predicted octanol–water partition coefficient (Wildman–Crippen LogP) is 3.17. The SMILES string of the molecule is CC(N)c1ccc(Oc2ccc(F)cc2F)nc1. The van der Waals surface area contributed by atoms with Gasteiger partial charge in [-0.25, -0.2) is 13.8 Å². The lowest BCUT2D eigenvalue weighted by Gasteiger charge is -2.08. The van der Waals surface area contributed by atoms with E-state index < -0.39 is 11.6 Å². The van der Waals surface area contributed by atoms with E-state index in [9.17, 15) is 8.78 Å². The Morgan fingerprint density at radius 1 is 1.22 bits per heavy atom. The molecule has 1 unspecified atom stereocenters. The molecule has 0 aliphatic carbocycles. The van der Waals surface area contributed by atoms with Crippen LogP contribution in [0.15, 0.2) is 36.5 Å². The zero-order valence-corrected chi connectivity index (χ0v) is 9.73. The summed E-state index contributed by atoms with van der Waals surface area (Å²) in [7, 11) is 0. The van der Waals surface area contributed by atoms with Crippen LogP contribution in [0.2, 0.25) is 0 Å². The number of ether oxygens (including phenoxy) is 1. The van der Waals surface area contributed by atoms with Gasteiger partial charge in [-0.15, -0.1) is 0 Å². The van der Waals surface area contributed by atoms with Crippen molar-refractivity contribution in [1.82, 2.24) is 4.98 Å². The highest BCUT2D eigenvalue weighted by Crippen LogP contribution is 2.24. The molecular formula is C13H12F2N2O. The lowest BCUT2D eigenvalue weighted by Crippen LogP contribution is -2.05. The molecule has 1 heterocycles. The molecule has 0 amide bonds. The molecule has 3 nitrogen and oxygen atoms in total. The van der Waals surface area contributed by atoms with Gasteiger partial charge in [-0.1, -0.05) is 6.07 Å². The number of aromatic nitrogens is 1. The molecule has 1 aromatic heterocycles. The first kappa shape index (κ1) is 12.4. The molecule has 5 heteroatoms. The maximum Gasteiger partial charge on any atom is 0.219 e. The Bertz CT molecular complexity index is 541. The van der Waals surface area contributed by atoms with Gasteiger partial charge in [0.05, 0.1) is 0 Å². The van der Waals surface area contributed by atoms with Crippen molar-refractivity contribution in [3.63, 3.8) is 0 Å². The van der Waals surface area contributed by atoms with E-state index >= 15 is 0 Å². The smallest absolute Gasteiger partial charge is 0.219 e. The summed E-state index contributed by atoms with van der Waals surface area (Å²) in [5, 5.41) is 0. The van der Waals surface area contributed by atoms with Crippen LogP contribution in [-0.4, -0.2) is 4.98 Å². The first-order valence-corrected chi connectivity index (χ1v) is 5.40. The summed E-state index contributed by atoms with van der Waals surface area (Å²) in [6.45, 7) is 1.83. The average molecular weight is 250 g/mol. The number of pyridine rings is 1. The Kier molecular flexibility index (Phi) is 3.53. The Hall–Kier alpha value is -2.01. The summed E-state index contributed by atoms with van der Waals surface area (Å²) in [5.41, 5.74) is 6.52. The van der Waals surface area contributed by atoms with E-state index in [1.54, 1.807) is 18.3 Å². The number of hydrogen-bond donors (Lipinski definition) is 1. The Labute approximate surface area is 103 Å². The van der Waals surface area contributed by atoms with Crippen LogP contribution in [0.4, 0.5) is 8.78 Å². The molecule has 94 valence electrons. The molecule has 0 spiro atoms. The molecule has 0 saturated heterocycles. The van der Waals surface area contributed by atoms with Crippen molar-refractivity contribution >= 4 is 0 Å². The Morgan fingerprint density at radius 3 is 2.56 bits per heavy atom. The van der Waals surface area contributed by atoms with Gasteiger partial charge in [0.2, 0.25) is 5.88 Å². The number of rotatable bonds is 3. The van der Waals surface area contributed by atoms with E-state index in [0.717, 1.165) is 17.7 Å². The zero-order chi connectivity index (χ0) is 13.1. The third-order valence-corrected chi connectivity index (χ3v) is 2.39. The summed E-state index contributed by atoms with van der Waals surface area (Å²) >= 11 is 0. The second kappa shape index (κ2) is 5.10. The molecule has 1 aromatic carbocycles. The van der Waals surface area contributed by atoms with Gasteiger partial charge >= 0.3 is 0 Å². The Morgan fingerprint density at radius 2 is 2.00 bits per heavy atom. The van der Waals surface area contributed by atoms with Crippen molar-refractivity contribution in [2.24, 2.45) is 5.73 Å². The van der Waals surface area contributed by atoms with Crippen molar-refractivity contribution in [3.05, 3.63) is 53.7 Å². The second-order valence-corrected chi connectivity index (χ2v) is 3.90. The number of nitrogens with two attached hydrogens (primary N) is 1. The first-order valence-electron chi connectivity index (χ1n) is 5.40. The molecule has 1 atom stereocenters. The maximum absolute atomic E-state index is 13.3. The number of hydrogen-bond acceptors (Lipinski definition) is 3. The molecule has 0 fully saturated rings. The van der Waals surface area contributed by atoms with Crippen LogP contribution in [0.5, 0.6) is 11.6 Å². The van der Waals surface area contributed by atoms with Crippen LogP contribution in [0.3, 0.4) is 0 Å². The van der Waals surface area contributed by atoms with E-state index in [0.29, 0.717) is 0 Å². The minimum Gasteiger partial charge on any atom is -0.436 e. The molecule has 0 saturated carbocycles. The van der Waals surface area contributed by atoms with Crippen molar-refractivity contribution < 1.29 is 13.5 Å². The highest BCUT2D eigenvalue weighted by molar-refractivity contribution is 5.30. The summed E-state index contributed by atoms with van der Waals surface area (Å²) in [4.78, 5) is 4.00. The highest BCUT2D eigenvalue weighted by Gasteiger charge is 2.07. The van der Waals surface area contributed by atoms with E-state index in [4.69, 9.17) is 10.5 Å². The third-order valence-electron chi connectivity index (χ3n) is 2.39. The minimum absolute atomic E-state index is 0.0718. The van der Waals surface area contributed by atoms with Gasteiger partial charge in [-0.05, 0) is 24.6 Å². The molecule has 0 radical (unpaired) electrons. The van der Waals surface area contributed by atoms with E-state index in [2.05, 4.69) is 4.98 Å². The van der Waals surface area contributed by atoms with Crippen LogP contribution in [0.25, 0.3) is 0 Å². The molecule has 0 aliphatic rings. The standard InChI is InChI=1S/C13H12F2N2O/c1-8(16)9-2-5-13(17-7-9)18-12-4-3-10(14)6-11(12)15/h2-8H,16H2,1H3. The number of benzene rings is 1. The van der Waals surface area contributed by atoms with Gasteiger partial charge in [0.1, 0.15) is 5.82 Å². The van der Waals surface area contributed by atoms with Crippen LogP contribution >= 0.6 is 0 Å². The minimum atomic E-state index is -0.770. The van der Waals surface area contributed by atoms with Crippen LogP contribution < -0.4 is 10.5 Å². The van der Waals surface area contributed by atoms with Crippen molar-refractivity contribution in [3.8, 4) is 11.6 Å². The lowest BCUT2D eigenvalue weighted by atomic mass is 10.2. The fourth-order valence-electron chi connectivity index (χ4n) is 1.39. The quantitative estimate of drug-likeness (QED) is 0.910. The molecule has 2 N–H and O–H groups in total. The van der Waals surface area contributed by atoms with Crippen LogP contribution in [0, 0.1) is 11.6 Å². The normalized spacial score (nSPS) is 12.2. The van der Waals surface area contributed by atoms with Crippen molar-refractivity contribution in [1.29, 1.82) is 0 Å². The van der Waals surface area contributed by atoms with E-state index in [1.165, 1.54) is 6.07 Å². The van der Waals surface area contributed by atoms with Gasteiger partial charge < -0.3 is 10.5 Å². The zero-order valence-electron chi connectivity index (χ0n) is 9.73. The predicted molar refractivity (Wildman–Crippen MR) is 63.3 cm³/mol. The Balaban J connectivity index is 2.18. The molecule has 18 heavy (non-hydrogen) atoms. The molecule has 0 aliphatic heterocycles. The van der Waals surface area contributed by atoms with Gasteiger partial charge in [0.15, 0.2) is 11.6 Å². The van der Waals surface area contributed by atoms with Crippen molar-refractivity contribution in [2.75, 3.05) is 0 Å². The first-order chi connectivity index (χ1) is 8.56. The van der Waals surface area contributed by atoms with Gasteiger partial charge in [-0.3, -0.25) is 0 Å². The number of halogens is 2. The fraction of sp³-hybridized carbons (Fsp3) is 0.154. The fourth-order valence-corrected chi connectivity index (χ4v) is 1.39. The van der Waals surface area contributed by atoms with E-state index in [-0.39, 0.29) is 17.7 Å². The third kappa shape index (κ3) is 2.81. The summed E-state index contributed by atoms with van der Waals surface area (Å²) in [6, 6.07) is 6.29. The largest absolute Gasteiger partial charge is 0.436 e. The number of nitrogens with zero attached hydrogens (tertiary/aromatic N) is 1. The molecule has 0 bridgehead atoms. The monoisotopic (exact) mass is 250 g/mol. The van der Waals surface area contributed by atoms with Gasteiger partial charge in [-0.2, -0.15) is 0 Å². The molecule has 2 rings (SSSR count). The van der Waals surface area contributed by atoms with Gasteiger partial charge in [0.25, 0.3) is 0 Å². The van der Waals surface area contributed by atoms with Crippen molar-refractivity contribution in [2.45, 2.75) is 13.0 Å². The molecular weight excluding hydrogens is 238 g/mol.